The van der Waals surface area contributed by atoms with Gasteiger partial charge in [-0.25, -0.2) is 0 Å². The summed E-state index contributed by atoms with van der Waals surface area (Å²) in [6.45, 7) is 1.18. The lowest BCUT2D eigenvalue weighted by atomic mass is 10.00. The highest BCUT2D eigenvalue weighted by Crippen LogP contribution is 2.31. The normalized spacial score (nSPS) is 13.1. The zero-order valence-electron chi connectivity index (χ0n) is 19.2. The number of pyridine rings is 1. The van der Waals surface area contributed by atoms with E-state index in [1.807, 2.05) is 94.5 Å². The number of carbonyl (C=O) groups is 1. The standard InChI is InChI=1S/C29H24N4O2/c34-28(32-17-9-13-22-12-7-8-16-26(22)32)24-19-31(18-21-10-3-1-4-11-21)20-25-27(24)30-33(29(25)35)23-14-5-2-6-15-23/h1-8,10-12,14-16,19-20H,9,13,17-18H2. The van der Waals surface area contributed by atoms with Crippen molar-refractivity contribution < 1.29 is 4.79 Å². The minimum absolute atomic E-state index is 0.137. The number of aryl methyl sites for hydroxylation is 1. The van der Waals surface area contributed by atoms with E-state index in [4.69, 9.17) is 0 Å². The molecule has 0 aromatic heterocycles. The number of hydrogen-bond acceptors (Lipinski definition) is 3. The Morgan fingerprint density at radius 2 is 1.57 bits per heavy atom. The minimum atomic E-state index is -0.235. The number of nitrogens with zero attached hydrogens (tertiary/aromatic N) is 4. The summed E-state index contributed by atoms with van der Waals surface area (Å²) in [6.07, 6.45) is 5.48. The van der Waals surface area contributed by atoms with Crippen LogP contribution < -0.4 is 10.5 Å². The van der Waals surface area contributed by atoms with Crippen LogP contribution in [0.25, 0.3) is 16.9 Å². The Balaban J connectivity index is 1.52. The van der Waals surface area contributed by atoms with Gasteiger partial charge >= 0.3 is 0 Å². The zero-order chi connectivity index (χ0) is 23.8. The van der Waals surface area contributed by atoms with Gasteiger partial charge in [0.1, 0.15) is 5.69 Å². The zero-order valence-corrected chi connectivity index (χ0v) is 19.2. The molecule has 0 saturated heterocycles. The Labute approximate surface area is 203 Å². The molecule has 0 unspecified atom stereocenters. The van der Waals surface area contributed by atoms with E-state index < -0.39 is 0 Å². The molecule has 6 nitrogen and oxygen atoms in total. The third-order valence-electron chi connectivity index (χ3n) is 6.52. The lowest BCUT2D eigenvalue weighted by Crippen LogP contribution is -2.36. The monoisotopic (exact) mass is 460 g/mol. The summed E-state index contributed by atoms with van der Waals surface area (Å²) in [5.74, 6) is -0.137. The molecule has 0 bridgehead atoms. The lowest BCUT2D eigenvalue weighted by Gasteiger charge is -2.30. The van der Waals surface area contributed by atoms with Crippen LogP contribution >= 0.6 is 0 Å². The van der Waals surface area contributed by atoms with Crippen molar-refractivity contribution in [3.05, 3.63) is 124 Å². The van der Waals surface area contributed by atoms with Crippen LogP contribution in [-0.4, -0.2) is 26.8 Å². The van der Waals surface area contributed by atoms with Gasteiger partial charge in [-0.05, 0) is 42.2 Å². The van der Waals surface area contributed by atoms with Crippen molar-refractivity contribution in [2.45, 2.75) is 19.4 Å². The second kappa shape index (κ2) is 8.72. The van der Waals surface area contributed by atoms with Gasteiger partial charge in [0, 0.05) is 31.2 Å². The fourth-order valence-corrected chi connectivity index (χ4v) is 4.84. The van der Waals surface area contributed by atoms with E-state index in [9.17, 15) is 9.59 Å². The molecule has 0 fully saturated rings. The number of anilines is 1. The number of hydrogen-bond donors (Lipinski definition) is 0. The van der Waals surface area contributed by atoms with Crippen molar-refractivity contribution in [2.24, 2.45) is 0 Å². The summed E-state index contributed by atoms with van der Waals surface area (Å²) in [4.78, 5) is 29.3. The Kier molecular flexibility index (Phi) is 5.26. The second-order valence-electron chi connectivity index (χ2n) is 8.83. The number of para-hydroxylation sites is 2. The maximum Gasteiger partial charge on any atom is 0.282 e. The molecule has 0 saturated carbocycles. The van der Waals surface area contributed by atoms with Gasteiger partial charge in [0.25, 0.3) is 11.5 Å². The highest BCUT2D eigenvalue weighted by atomic mass is 16.2. The molecule has 0 atom stereocenters. The van der Waals surface area contributed by atoms with Gasteiger partial charge in [0.15, 0.2) is 0 Å². The molecule has 3 aliphatic rings. The first-order chi connectivity index (χ1) is 17.2. The SMILES string of the molecule is O=C(c1cn(Cc2ccccc2)cc2c(=O)n(-c3ccccc3)nc1-2)N1CCCc2ccccc21. The molecule has 35 heavy (non-hydrogen) atoms. The Hall–Kier alpha value is -4.45. The first-order valence-electron chi connectivity index (χ1n) is 11.8. The van der Waals surface area contributed by atoms with E-state index in [0.717, 1.165) is 29.7 Å². The molecule has 3 heterocycles. The summed E-state index contributed by atoms with van der Waals surface area (Å²) < 4.78 is 3.30. The molecule has 6 rings (SSSR count). The van der Waals surface area contributed by atoms with Crippen molar-refractivity contribution in [3.63, 3.8) is 0 Å². The maximum absolute atomic E-state index is 14.0. The number of aromatic nitrogens is 3. The van der Waals surface area contributed by atoms with E-state index >= 15 is 0 Å². The molecule has 3 aliphatic heterocycles. The third-order valence-corrected chi connectivity index (χ3v) is 6.52. The Bertz CT molecular complexity index is 1540. The molecule has 0 aliphatic carbocycles. The van der Waals surface area contributed by atoms with Crippen molar-refractivity contribution in [1.82, 2.24) is 14.3 Å². The van der Waals surface area contributed by atoms with Crippen LogP contribution in [0.15, 0.2) is 102 Å². The van der Waals surface area contributed by atoms with Crippen LogP contribution in [-0.2, 0) is 13.0 Å². The molecular weight excluding hydrogens is 436 g/mol. The van der Waals surface area contributed by atoms with Gasteiger partial charge in [0.05, 0.1) is 16.8 Å². The van der Waals surface area contributed by atoms with Crippen LogP contribution in [0.5, 0.6) is 0 Å². The predicted octanol–water partition coefficient (Wildman–Crippen LogP) is 4.78. The quantitative estimate of drug-likeness (QED) is 0.388. The van der Waals surface area contributed by atoms with Crippen LogP contribution in [0.3, 0.4) is 0 Å². The van der Waals surface area contributed by atoms with Crippen LogP contribution in [0, 0.1) is 0 Å². The van der Waals surface area contributed by atoms with Crippen molar-refractivity contribution >= 4 is 11.6 Å². The molecule has 3 aromatic carbocycles. The number of carbonyl (C=O) groups excluding carboxylic acids is 1. The molecule has 0 spiro atoms. The highest BCUT2D eigenvalue weighted by molar-refractivity contribution is 6.10. The van der Waals surface area contributed by atoms with Crippen LogP contribution in [0.1, 0.15) is 27.9 Å². The molecule has 6 heteroatoms. The Morgan fingerprint density at radius 3 is 2.37 bits per heavy atom. The topological polar surface area (TPSA) is 60.1 Å². The van der Waals surface area contributed by atoms with E-state index in [-0.39, 0.29) is 11.5 Å². The summed E-state index contributed by atoms with van der Waals surface area (Å²) in [5, 5.41) is 4.65. The highest BCUT2D eigenvalue weighted by Gasteiger charge is 2.30. The van der Waals surface area contributed by atoms with Crippen molar-refractivity contribution in [2.75, 3.05) is 11.4 Å². The first kappa shape index (κ1) is 21.1. The smallest absolute Gasteiger partial charge is 0.282 e. The minimum Gasteiger partial charge on any atom is -0.348 e. The van der Waals surface area contributed by atoms with E-state index in [1.165, 1.54) is 4.68 Å². The van der Waals surface area contributed by atoms with Gasteiger partial charge < -0.3 is 9.47 Å². The third kappa shape index (κ3) is 3.83. The van der Waals surface area contributed by atoms with Gasteiger partial charge in [-0.3, -0.25) is 9.59 Å². The van der Waals surface area contributed by atoms with E-state index in [0.29, 0.717) is 35.6 Å². The summed E-state index contributed by atoms with van der Waals surface area (Å²) in [5.41, 5.74) is 4.91. The van der Waals surface area contributed by atoms with E-state index in [2.05, 4.69) is 11.2 Å². The summed E-state index contributed by atoms with van der Waals surface area (Å²) >= 11 is 0. The maximum atomic E-state index is 14.0. The summed E-state index contributed by atoms with van der Waals surface area (Å²) in [6, 6.07) is 27.4. The predicted molar refractivity (Wildman–Crippen MR) is 136 cm³/mol. The average molecular weight is 461 g/mol. The van der Waals surface area contributed by atoms with Crippen molar-refractivity contribution in [3.8, 4) is 16.9 Å². The Morgan fingerprint density at radius 1 is 0.857 bits per heavy atom. The molecule has 0 radical (unpaired) electrons. The largest absolute Gasteiger partial charge is 0.348 e. The van der Waals surface area contributed by atoms with E-state index in [1.54, 1.807) is 6.20 Å². The number of benzene rings is 3. The molecule has 0 N–H and O–H groups in total. The van der Waals surface area contributed by atoms with Gasteiger partial charge in [-0.15, -0.1) is 0 Å². The van der Waals surface area contributed by atoms with Gasteiger partial charge in [-0.2, -0.15) is 9.78 Å². The van der Waals surface area contributed by atoms with Crippen LogP contribution in [0.2, 0.25) is 0 Å². The number of fused-ring (bicyclic) bond motifs is 2. The second-order valence-corrected chi connectivity index (χ2v) is 8.83. The lowest BCUT2D eigenvalue weighted by molar-refractivity contribution is 0.0984. The average Bonchev–Trinajstić information content (AvgIpc) is 3.25. The summed E-state index contributed by atoms with van der Waals surface area (Å²) in [7, 11) is 0. The number of rotatable bonds is 4. The first-order valence-corrected chi connectivity index (χ1v) is 11.8. The van der Waals surface area contributed by atoms with Gasteiger partial charge in [0.2, 0.25) is 0 Å². The van der Waals surface area contributed by atoms with Crippen molar-refractivity contribution in [1.29, 1.82) is 0 Å². The molecular formula is C29H24N4O2. The number of amides is 1. The molecule has 1 amide bonds. The fraction of sp³-hybridized carbons (Fsp3) is 0.138. The van der Waals surface area contributed by atoms with Crippen LogP contribution in [0.4, 0.5) is 5.69 Å². The molecule has 3 aromatic rings. The molecule has 172 valence electrons. The fourth-order valence-electron chi connectivity index (χ4n) is 4.84. The van der Waals surface area contributed by atoms with Gasteiger partial charge in [-0.1, -0.05) is 66.7 Å².